The highest BCUT2D eigenvalue weighted by atomic mass is 127. The van der Waals surface area contributed by atoms with Gasteiger partial charge in [0.1, 0.15) is 0 Å². The van der Waals surface area contributed by atoms with E-state index >= 15 is 0 Å². The first-order valence-corrected chi connectivity index (χ1v) is 17.9. The van der Waals surface area contributed by atoms with Crippen LogP contribution in [0.3, 0.4) is 0 Å². The Morgan fingerprint density at radius 2 is 0.780 bits per heavy atom. The lowest BCUT2D eigenvalue weighted by Gasteiger charge is -2.33. The Hall–Kier alpha value is -3.30. The molecule has 0 spiro atoms. The summed E-state index contributed by atoms with van der Waals surface area (Å²) in [4.78, 5) is 20.6. The minimum atomic E-state index is -5.06. The number of aromatic carboxylic acids is 2. The van der Waals surface area contributed by atoms with E-state index in [1.807, 2.05) is 0 Å². The highest BCUT2D eigenvalue weighted by molar-refractivity contribution is 5.99. The Balaban J connectivity index is 0.000000209. The van der Waals surface area contributed by atoms with Gasteiger partial charge in [0.2, 0.25) is 0 Å². The van der Waals surface area contributed by atoms with E-state index in [-0.39, 0.29) is 42.6 Å². The molecule has 0 heterocycles. The molecule has 50 heavy (non-hydrogen) atoms. The maximum atomic E-state index is 14.3. The maximum absolute atomic E-state index is 14.3. The largest absolute Gasteiger partial charge is 0.545 e. The van der Waals surface area contributed by atoms with E-state index in [1.54, 1.807) is 12.1 Å². The van der Waals surface area contributed by atoms with Crippen LogP contribution in [0, 0.1) is 7.14 Å². The molecule has 4 atom stereocenters. The number of allylic oxidation sites excluding steroid dienone is 4. The molecular weight excluding hydrogens is 930 g/mol. The predicted octanol–water partition coefficient (Wildman–Crippen LogP) is -0.00740. The third-order valence-electron chi connectivity index (χ3n) is 6.64. The fraction of sp³-hybridized carbons (Fsp3) is 0.250. The van der Waals surface area contributed by atoms with Gasteiger partial charge in [0.15, 0.2) is 19.5 Å². The molecule has 3 aromatic rings. The number of halogens is 14. The van der Waals surface area contributed by atoms with Gasteiger partial charge >= 0.3 is 73.5 Å². The summed E-state index contributed by atoms with van der Waals surface area (Å²) < 4.78 is 155. The average Bonchev–Trinajstić information content (AvgIpc) is 3.06. The zero-order valence-corrected chi connectivity index (χ0v) is 28.8. The number of alkyl halides is 14. The molecule has 18 heteroatoms. The van der Waals surface area contributed by atoms with Crippen LogP contribution in [0.25, 0.3) is 0 Å². The second-order valence-electron chi connectivity index (χ2n) is 10.1. The fourth-order valence-electron chi connectivity index (χ4n) is 3.95. The SMILES string of the molecule is FC1C=CC(F)([I+]c2ccccc2)C(F)(F)C1(F)F.FC1C=CC(F)([I+]c2ccccc2)C(F)(F)C1(F)F.O=C([O-])c1ccccc1C(=O)[O-]. The standard InChI is InChI=1S/2C12H8F6I.C8H6O4/c2*13-9-6-7-10(14,12(17,18)11(9,15)16)19-8-4-2-1-3-5-8;9-7(10)5-3-1-2-4-6(5)8(11)12/h2*1-7,9H;1-4H,(H,9,10)(H,11,12)/q2*+1;/p-2. The van der Waals surface area contributed by atoms with Crippen molar-refractivity contribution in [3.63, 3.8) is 0 Å². The molecule has 4 unspecified atom stereocenters. The molecule has 0 N–H and O–H groups in total. The highest BCUT2D eigenvalue weighted by Crippen LogP contribution is 2.48. The molecule has 0 aliphatic heterocycles. The predicted molar refractivity (Wildman–Crippen MR) is 141 cm³/mol. The van der Waals surface area contributed by atoms with E-state index < -0.39 is 97.7 Å². The second-order valence-corrected chi connectivity index (χ2v) is 16.8. The summed E-state index contributed by atoms with van der Waals surface area (Å²) in [5, 5.41) is 20.6. The van der Waals surface area contributed by atoms with E-state index in [0.29, 0.717) is 0 Å². The van der Waals surface area contributed by atoms with Crippen LogP contribution in [0.1, 0.15) is 20.7 Å². The van der Waals surface area contributed by atoms with Gasteiger partial charge in [-0.15, -0.1) is 0 Å². The Kier molecular flexibility index (Phi) is 12.8. The number of carbonyl (C=O) groups excluding carboxylic acids is 2. The van der Waals surface area contributed by atoms with Crippen molar-refractivity contribution in [1.29, 1.82) is 0 Å². The van der Waals surface area contributed by atoms with Crippen molar-refractivity contribution in [2.24, 2.45) is 0 Å². The average molecular weight is 950 g/mol. The van der Waals surface area contributed by atoms with Crippen LogP contribution in [0.15, 0.2) is 109 Å². The Morgan fingerprint density at radius 3 is 1.06 bits per heavy atom. The lowest BCUT2D eigenvalue weighted by Crippen LogP contribution is -3.68. The molecule has 270 valence electrons. The van der Waals surface area contributed by atoms with Crippen LogP contribution in [0.5, 0.6) is 0 Å². The molecule has 2 aliphatic rings. The molecule has 0 saturated carbocycles. The first-order chi connectivity index (χ1) is 23.0. The maximum Gasteiger partial charge on any atom is 0.394 e. The van der Waals surface area contributed by atoms with Crippen molar-refractivity contribution >= 4 is 11.9 Å². The molecule has 0 bridgehead atoms. The normalized spacial score (nSPS) is 26.7. The molecular formula is C32H20F12I2O4. The van der Waals surface area contributed by atoms with Gasteiger partial charge in [0, 0.05) is 23.3 Å². The first-order valence-electron chi connectivity index (χ1n) is 13.5. The van der Waals surface area contributed by atoms with Crippen molar-refractivity contribution in [2.75, 3.05) is 0 Å². The third-order valence-corrected chi connectivity index (χ3v) is 13.0. The number of benzene rings is 3. The van der Waals surface area contributed by atoms with E-state index in [0.717, 1.165) is 12.1 Å². The highest BCUT2D eigenvalue weighted by Gasteiger charge is 2.81. The van der Waals surface area contributed by atoms with Gasteiger partial charge in [-0.25, -0.2) is 8.78 Å². The van der Waals surface area contributed by atoms with Gasteiger partial charge in [-0.05, 0) is 36.4 Å². The van der Waals surface area contributed by atoms with E-state index in [1.165, 1.54) is 60.7 Å². The number of rotatable bonds is 6. The Bertz CT molecular complexity index is 1580. The molecule has 0 fully saturated rings. The summed E-state index contributed by atoms with van der Waals surface area (Å²) >= 11 is -4.19. The van der Waals surface area contributed by atoms with Crippen molar-refractivity contribution in [2.45, 2.75) is 43.4 Å². The molecule has 0 radical (unpaired) electrons. The second kappa shape index (κ2) is 15.5. The van der Waals surface area contributed by atoms with Crippen molar-refractivity contribution < 1.29 is 115 Å². The van der Waals surface area contributed by atoms with Crippen LogP contribution in [0.4, 0.5) is 52.7 Å². The molecule has 2 aliphatic carbocycles. The van der Waals surface area contributed by atoms with Crippen molar-refractivity contribution in [3.8, 4) is 0 Å². The quantitative estimate of drug-likeness (QED) is 0.151. The summed E-state index contributed by atoms with van der Waals surface area (Å²) in [6, 6.07) is 19.9. The van der Waals surface area contributed by atoms with E-state index in [9.17, 15) is 72.5 Å². The molecule has 3 aromatic carbocycles. The van der Waals surface area contributed by atoms with Gasteiger partial charge in [0.25, 0.3) is 0 Å². The van der Waals surface area contributed by atoms with E-state index in [4.69, 9.17) is 0 Å². The van der Waals surface area contributed by atoms with Gasteiger partial charge in [-0.1, -0.05) is 60.7 Å². The fourth-order valence-corrected chi connectivity index (χ4v) is 9.48. The summed E-state index contributed by atoms with van der Waals surface area (Å²) in [5.41, 5.74) is -0.727. The van der Waals surface area contributed by atoms with Gasteiger partial charge in [-0.3, -0.25) is 0 Å². The number of hydrogen-bond acceptors (Lipinski definition) is 4. The van der Waals surface area contributed by atoms with Crippen LogP contribution in [-0.4, -0.2) is 55.3 Å². The zero-order valence-electron chi connectivity index (χ0n) is 24.5. The minimum absolute atomic E-state index is 0.181. The van der Waals surface area contributed by atoms with Gasteiger partial charge in [0.05, 0.1) is 11.9 Å². The van der Waals surface area contributed by atoms with Gasteiger partial charge in [-0.2, -0.15) is 43.9 Å². The summed E-state index contributed by atoms with van der Waals surface area (Å²) in [7, 11) is 0. The molecule has 0 saturated heterocycles. The zero-order chi connectivity index (χ0) is 37.8. The lowest BCUT2D eigenvalue weighted by atomic mass is 9.96. The van der Waals surface area contributed by atoms with Crippen molar-refractivity contribution in [1.82, 2.24) is 0 Å². The number of carboxylic acids is 2. The molecule has 4 nitrogen and oxygen atoms in total. The van der Waals surface area contributed by atoms with Crippen molar-refractivity contribution in [3.05, 3.63) is 128 Å². The van der Waals surface area contributed by atoms with Crippen LogP contribution >= 0.6 is 0 Å². The number of carbonyl (C=O) groups is 2. The third kappa shape index (κ3) is 8.25. The monoisotopic (exact) mass is 950 g/mol. The minimum Gasteiger partial charge on any atom is -0.545 e. The van der Waals surface area contributed by atoms with Gasteiger partial charge < -0.3 is 19.8 Å². The molecule has 0 aromatic heterocycles. The lowest BCUT2D eigenvalue weighted by molar-refractivity contribution is -0.746. The smallest absolute Gasteiger partial charge is 0.394 e. The van der Waals surface area contributed by atoms with Crippen LogP contribution < -0.4 is 52.6 Å². The first kappa shape index (κ1) is 41.1. The number of hydrogen-bond donors (Lipinski definition) is 0. The molecule has 5 rings (SSSR count). The summed E-state index contributed by atoms with van der Waals surface area (Å²) in [6.45, 7) is 0. The Labute approximate surface area is 296 Å². The summed E-state index contributed by atoms with van der Waals surface area (Å²) in [5.74, 6) is -23.2. The van der Waals surface area contributed by atoms with Crippen LogP contribution in [0.2, 0.25) is 0 Å². The summed E-state index contributed by atoms with van der Waals surface area (Å²) in [6.07, 6.45) is -5.50. The van der Waals surface area contributed by atoms with E-state index in [2.05, 4.69) is 0 Å². The number of carboxylic acid groups (broad SMARTS) is 2. The molecule has 0 amide bonds. The topological polar surface area (TPSA) is 80.3 Å². The Morgan fingerprint density at radius 1 is 0.500 bits per heavy atom. The van der Waals surface area contributed by atoms with Crippen LogP contribution in [-0.2, 0) is 0 Å².